The van der Waals surface area contributed by atoms with Gasteiger partial charge < -0.3 is 9.52 Å². The molecule has 0 bridgehead atoms. The third-order valence-electron chi connectivity index (χ3n) is 2.02. The minimum Gasteiger partial charge on any atom is -0.444 e. The van der Waals surface area contributed by atoms with Crippen molar-refractivity contribution in [3.63, 3.8) is 0 Å². The van der Waals surface area contributed by atoms with Crippen molar-refractivity contribution in [3.05, 3.63) is 40.7 Å². The lowest BCUT2D eigenvalue weighted by molar-refractivity contribution is 0.298. The molecule has 0 saturated carbocycles. The van der Waals surface area contributed by atoms with Crippen LogP contribution in [0.25, 0.3) is 11.5 Å². The molecule has 1 heterocycles. The Bertz CT molecular complexity index is 453. The first-order valence-electron chi connectivity index (χ1n) is 4.61. The van der Waals surface area contributed by atoms with Gasteiger partial charge in [-0.3, -0.25) is 0 Å². The van der Waals surface area contributed by atoms with E-state index in [1.807, 2.05) is 24.3 Å². The maximum atomic E-state index is 8.76. The van der Waals surface area contributed by atoms with Gasteiger partial charge in [-0.05, 0) is 28.1 Å². The summed E-state index contributed by atoms with van der Waals surface area (Å²) in [6.07, 6.45) is 2.10. The van der Waals surface area contributed by atoms with Crippen molar-refractivity contribution in [1.29, 1.82) is 0 Å². The summed E-state index contributed by atoms with van der Waals surface area (Å²) in [4.78, 5) is 4.27. The van der Waals surface area contributed by atoms with Crippen molar-refractivity contribution in [3.8, 4) is 11.5 Å². The standard InChI is InChI=1S/C11H10BrNO2/c12-10-4-2-1-3-9(10)11-13-8(5-6-14)7-15-11/h1-4,7,14H,5-6H2. The van der Waals surface area contributed by atoms with Crippen LogP contribution in [0.4, 0.5) is 0 Å². The minimum absolute atomic E-state index is 0.0853. The summed E-state index contributed by atoms with van der Waals surface area (Å²) < 4.78 is 6.28. The summed E-state index contributed by atoms with van der Waals surface area (Å²) in [5.41, 5.74) is 1.69. The van der Waals surface area contributed by atoms with Crippen LogP contribution in [0.5, 0.6) is 0 Å². The predicted molar refractivity (Wildman–Crippen MR) is 60.4 cm³/mol. The van der Waals surface area contributed by atoms with Gasteiger partial charge in [-0.15, -0.1) is 0 Å². The van der Waals surface area contributed by atoms with E-state index in [-0.39, 0.29) is 6.61 Å². The smallest absolute Gasteiger partial charge is 0.227 e. The number of hydrogen-bond donors (Lipinski definition) is 1. The predicted octanol–water partition coefficient (Wildman–Crippen LogP) is 2.64. The first-order valence-corrected chi connectivity index (χ1v) is 5.40. The molecular formula is C11H10BrNO2. The maximum absolute atomic E-state index is 8.76. The second kappa shape index (κ2) is 4.59. The van der Waals surface area contributed by atoms with Crippen molar-refractivity contribution in [1.82, 2.24) is 4.98 Å². The molecule has 4 heteroatoms. The van der Waals surface area contributed by atoms with E-state index in [9.17, 15) is 0 Å². The van der Waals surface area contributed by atoms with Crippen LogP contribution >= 0.6 is 15.9 Å². The van der Waals surface area contributed by atoms with E-state index in [1.54, 1.807) is 6.26 Å². The van der Waals surface area contributed by atoms with Crippen LogP contribution in [0.15, 0.2) is 39.4 Å². The molecule has 15 heavy (non-hydrogen) atoms. The summed E-state index contributed by atoms with van der Waals surface area (Å²) >= 11 is 3.43. The fourth-order valence-corrected chi connectivity index (χ4v) is 1.75. The van der Waals surface area contributed by atoms with Crippen LogP contribution in [-0.2, 0) is 6.42 Å². The molecule has 0 amide bonds. The van der Waals surface area contributed by atoms with Crippen molar-refractivity contribution in [2.45, 2.75) is 6.42 Å². The summed E-state index contributed by atoms with van der Waals surface area (Å²) in [5, 5.41) is 8.76. The number of aliphatic hydroxyl groups is 1. The second-order valence-corrected chi connectivity index (χ2v) is 3.95. The van der Waals surface area contributed by atoms with Gasteiger partial charge in [0.05, 0.1) is 11.3 Å². The zero-order valence-corrected chi connectivity index (χ0v) is 9.57. The van der Waals surface area contributed by atoms with Gasteiger partial charge >= 0.3 is 0 Å². The Hall–Kier alpha value is -1.13. The van der Waals surface area contributed by atoms with E-state index in [1.165, 1.54) is 0 Å². The lowest BCUT2D eigenvalue weighted by Crippen LogP contribution is -1.90. The van der Waals surface area contributed by atoms with Crippen molar-refractivity contribution < 1.29 is 9.52 Å². The summed E-state index contributed by atoms with van der Waals surface area (Å²) in [6, 6.07) is 7.73. The highest BCUT2D eigenvalue weighted by Crippen LogP contribution is 2.27. The van der Waals surface area contributed by atoms with E-state index in [0.29, 0.717) is 12.3 Å². The Morgan fingerprint density at radius 3 is 2.87 bits per heavy atom. The molecule has 0 unspecified atom stereocenters. The van der Waals surface area contributed by atoms with Crippen LogP contribution < -0.4 is 0 Å². The Labute approximate surface area is 95.9 Å². The van der Waals surface area contributed by atoms with Crippen LogP contribution in [0.2, 0.25) is 0 Å². The zero-order chi connectivity index (χ0) is 10.7. The molecule has 0 saturated heterocycles. The average molecular weight is 268 g/mol. The molecule has 0 atom stereocenters. The van der Waals surface area contributed by atoms with Gasteiger partial charge in [0.2, 0.25) is 5.89 Å². The van der Waals surface area contributed by atoms with Crippen molar-refractivity contribution in [2.24, 2.45) is 0 Å². The first-order chi connectivity index (χ1) is 7.31. The van der Waals surface area contributed by atoms with Crippen LogP contribution in [-0.4, -0.2) is 16.7 Å². The number of oxazole rings is 1. The molecule has 0 aliphatic heterocycles. The number of hydrogen-bond acceptors (Lipinski definition) is 3. The number of halogens is 1. The highest BCUT2D eigenvalue weighted by atomic mass is 79.9. The number of aliphatic hydroxyl groups excluding tert-OH is 1. The third-order valence-corrected chi connectivity index (χ3v) is 2.72. The number of rotatable bonds is 3. The average Bonchev–Trinajstić information content (AvgIpc) is 2.68. The number of aromatic nitrogens is 1. The normalized spacial score (nSPS) is 10.5. The van der Waals surface area contributed by atoms with Crippen LogP contribution in [0.3, 0.4) is 0 Å². The van der Waals surface area contributed by atoms with Crippen LogP contribution in [0, 0.1) is 0 Å². The van der Waals surface area contributed by atoms with Gasteiger partial charge in [0.1, 0.15) is 6.26 Å². The Kier molecular flexibility index (Phi) is 3.18. The first kappa shape index (κ1) is 10.4. The van der Waals surface area contributed by atoms with Gasteiger partial charge in [-0.25, -0.2) is 4.98 Å². The van der Waals surface area contributed by atoms with Gasteiger partial charge in [0.25, 0.3) is 0 Å². The highest BCUT2D eigenvalue weighted by Gasteiger charge is 2.08. The zero-order valence-electron chi connectivity index (χ0n) is 7.98. The third kappa shape index (κ3) is 2.27. The molecule has 3 nitrogen and oxygen atoms in total. The van der Waals surface area contributed by atoms with Gasteiger partial charge in [0, 0.05) is 17.5 Å². The van der Waals surface area contributed by atoms with E-state index < -0.39 is 0 Å². The summed E-state index contributed by atoms with van der Waals surface area (Å²) in [5.74, 6) is 0.575. The number of benzene rings is 1. The maximum Gasteiger partial charge on any atom is 0.227 e. The summed E-state index contributed by atoms with van der Waals surface area (Å²) in [7, 11) is 0. The molecule has 0 aliphatic rings. The Balaban J connectivity index is 2.33. The molecule has 78 valence electrons. The van der Waals surface area contributed by atoms with E-state index in [2.05, 4.69) is 20.9 Å². The fourth-order valence-electron chi connectivity index (χ4n) is 1.29. The van der Waals surface area contributed by atoms with Crippen LogP contribution in [0.1, 0.15) is 5.69 Å². The molecule has 2 aromatic rings. The van der Waals surface area contributed by atoms with E-state index in [0.717, 1.165) is 15.7 Å². The van der Waals surface area contributed by atoms with Crippen molar-refractivity contribution >= 4 is 15.9 Å². The largest absolute Gasteiger partial charge is 0.444 e. The van der Waals surface area contributed by atoms with E-state index >= 15 is 0 Å². The molecule has 0 aliphatic carbocycles. The molecule has 0 spiro atoms. The van der Waals surface area contributed by atoms with Crippen molar-refractivity contribution in [2.75, 3.05) is 6.61 Å². The molecule has 0 fully saturated rings. The molecule has 1 aromatic heterocycles. The molecule has 0 radical (unpaired) electrons. The highest BCUT2D eigenvalue weighted by molar-refractivity contribution is 9.10. The van der Waals surface area contributed by atoms with Gasteiger partial charge in [-0.1, -0.05) is 12.1 Å². The lowest BCUT2D eigenvalue weighted by atomic mass is 10.2. The SMILES string of the molecule is OCCc1coc(-c2ccccc2Br)n1. The summed E-state index contributed by atoms with van der Waals surface area (Å²) in [6.45, 7) is 0.0853. The lowest BCUT2D eigenvalue weighted by Gasteiger charge is -1.97. The molecule has 1 aromatic carbocycles. The minimum atomic E-state index is 0.0853. The molecule has 1 N–H and O–H groups in total. The van der Waals surface area contributed by atoms with E-state index in [4.69, 9.17) is 9.52 Å². The fraction of sp³-hybridized carbons (Fsp3) is 0.182. The molecular weight excluding hydrogens is 258 g/mol. The molecule has 2 rings (SSSR count). The topological polar surface area (TPSA) is 46.3 Å². The van der Waals surface area contributed by atoms with Gasteiger partial charge in [0.15, 0.2) is 0 Å². The second-order valence-electron chi connectivity index (χ2n) is 3.10. The monoisotopic (exact) mass is 267 g/mol. The Morgan fingerprint density at radius 2 is 2.13 bits per heavy atom. The Morgan fingerprint density at radius 1 is 1.33 bits per heavy atom. The quantitative estimate of drug-likeness (QED) is 0.930. The number of nitrogens with zero attached hydrogens (tertiary/aromatic N) is 1. The van der Waals surface area contributed by atoms with Gasteiger partial charge in [-0.2, -0.15) is 0 Å².